The SMILES string of the molecule is CCCCCCC(C)(C)n1c(=O)n(C)c(=O)n(C)c1=S. The first kappa shape index (κ1) is 16.9. The lowest BCUT2D eigenvalue weighted by Gasteiger charge is -2.28. The van der Waals surface area contributed by atoms with Crippen molar-refractivity contribution in [2.75, 3.05) is 0 Å². The summed E-state index contributed by atoms with van der Waals surface area (Å²) in [5.41, 5.74) is -1.10. The Morgan fingerprint density at radius 3 is 2.15 bits per heavy atom. The Hall–Kier alpha value is -1.17. The van der Waals surface area contributed by atoms with Crippen molar-refractivity contribution in [3.05, 3.63) is 25.7 Å². The molecule has 0 fully saturated rings. The average Bonchev–Trinajstić information content (AvgIpc) is 2.39. The number of hydrogen-bond donors (Lipinski definition) is 0. The predicted octanol–water partition coefficient (Wildman–Crippen LogP) is 2.32. The molecule has 0 aliphatic rings. The highest BCUT2D eigenvalue weighted by atomic mass is 32.1. The lowest BCUT2D eigenvalue weighted by atomic mass is 9.96. The van der Waals surface area contributed by atoms with Crippen LogP contribution in [0, 0.1) is 4.77 Å². The Bertz CT molecular complexity index is 597. The van der Waals surface area contributed by atoms with Gasteiger partial charge in [0, 0.05) is 19.6 Å². The Morgan fingerprint density at radius 2 is 1.60 bits per heavy atom. The van der Waals surface area contributed by atoms with Crippen molar-refractivity contribution in [1.82, 2.24) is 13.7 Å². The Kier molecular flexibility index (Phi) is 5.50. The second-order valence-corrected chi connectivity index (χ2v) is 6.29. The van der Waals surface area contributed by atoms with E-state index < -0.39 is 0 Å². The van der Waals surface area contributed by atoms with Gasteiger partial charge in [-0.3, -0.25) is 9.13 Å². The first-order chi connectivity index (χ1) is 9.24. The van der Waals surface area contributed by atoms with Crippen LogP contribution in [0.15, 0.2) is 9.59 Å². The van der Waals surface area contributed by atoms with Gasteiger partial charge in [-0.25, -0.2) is 14.2 Å². The molecule has 1 aromatic rings. The van der Waals surface area contributed by atoms with E-state index in [2.05, 4.69) is 6.92 Å². The fourth-order valence-corrected chi connectivity index (χ4v) is 2.79. The molecule has 0 atom stereocenters. The van der Waals surface area contributed by atoms with Crippen molar-refractivity contribution >= 4 is 12.2 Å². The van der Waals surface area contributed by atoms with Crippen LogP contribution in [-0.4, -0.2) is 13.7 Å². The quantitative estimate of drug-likeness (QED) is 0.598. The van der Waals surface area contributed by atoms with Crippen LogP contribution in [0.1, 0.15) is 52.9 Å². The second kappa shape index (κ2) is 6.52. The molecule has 0 aliphatic carbocycles. The summed E-state index contributed by atoms with van der Waals surface area (Å²) in [5.74, 6) is 0. The summed E-state index contributed by atoms with van der Waals surface area (Å²) in [7, 11) is 3.09. The Balaban J connectivity index is 3.22. The van der Waals surface area contributed by atoms with Gasteiger partial charge < -0.3 is 0 Å². The smallest absolute Gasteiger partial charge is 0.273 e. The minimum atomic E-state index is -0.384. The number of rotatable bonds is 6. The first-order valence-corrected chi connectivity index (χ1v) is 7.54. The third kappa shape index (κ3) is 3.29. The molecule has 0 saturated carbocycles. The molecule has 0 spiro atoms. The summed E-state index contributed by atoms with van der Waals surface area (Å²) >= 11 is 5.29. The van der Waals surface area contributed by atoms with Crippen LogP contribution >= 0.6 is 12.2 Å². The van der Waals surface area contributed by atoms with Gasteiger partial charge in [-0.15, -0.1) is 0 Å². The zero-order chi connectivity index (χ0) is 15.5. The van der Waals surface area contributed by atoms with E-state index in [4.69, 9.17) is 12.2 Å². The standard InChI is InChI=1S/C14H25N3O2S/c1-6-7-8-9-10-14(2,3)17-12(19)15(4)11(18)16(5)13(17)20/h6-10H2,1-5H3. The largest absolute Gasteiger partial charge is 0.334 e. The molecular formula is C14H25N3O2S. The molecule has 0 saturated heterocycles. The molecule has 0 bridgehead atoms. The fourth-order valence-electron chi connectivity index (χ4n) is 2.38. The van der Waals surface area contributed by atoms with Crippen LogP contribution in [0.3, 0.4) is 0 Å². The lowest BCUT2D eigenvalue weighted by molar-refractivity contribution is 0.279. The molecule has 1 heterocycles. The van der Waals surface area contributed by atoms with Gasteiger partial charge in [0.15, 0.2) is 4.77 Å². The van der Waals surface area contributed by atoms with Gasteiger partial charge in [-0.2, -0.15) is 0 Å². The van der Waals surface area contributed by atoms with Crippen molar-refractivity contribution in [1.29, 1.82) is 0 Å². The third-order valence-corrected chi connectivity index (χ3v) is 4.23. The highest BCUT2D eigenvalue weighted by Crippen LogP contribution is 2.21. The minimum absolute atomic E-state index is 0.290. The lowest BCUT2D eigenvalue weighted by Crippen LogP contribution is -2.49. The topological polar surface area (TPSA) is 48.9 Å². The Labute approximate surface area is 124 Å². The van der Waals surface area contributed by atoms with Gasteiger partial charge in [0.2, 0.25) is 0 Å². The van der Waals surface area contributed by atoms with E-state index in [0.717, 1.165) is 23.8 Å². The number of nitrogens with zero attached hydrogens (tertiary/aromatic N) is 3. The van der Waals surface area contributed by atoms with Gasteiger partial charge in [-0.1, -0.05) is 32.6 Å². The van der Waals surface area contributed by atoms with Crippen LogP contribution in [-0.2, 0) is 19.6 Å². The van der Waals surface area contributed by atoms with Gasteiger partial charge >= 0.3 is 11.4 Å². The van der Waals surface area contributed by atoms with Gasteiger partial charge in [0.05, 0.1) is 0 Å². The predicted molar refractivity (Wildman–Crippen MR) is 83.8 cm³/mol. The highest BCUT2D eigenvalue weighted by Gasteiger charge is 2.24. The molecule has 20 heavy (non-hydrogen) atoms. The van der Waals surface area contributed by atoms with E-state index in [1.165, 1.54) is 24.5 Å². The van der Waals surface area contributed by atoms with Gasteiger partial charge in [0.1, 0.15) is 0 Å². The van der Waals surface area contributed by atoms with Crippen LogP contribution in [0.25, 0.3) is 0 Å². The molecule has 5 nitrogen and oxygen atoms in total. The highest BCUT2D eigenvalue weighted by molar-refractivity contribution is 7.71. The molecule has 1 rings (SSSR count). The maximum atomic E-state index is 12.3. The van der Waals surface area contributed by atoms with Crippen LogP contribution in [0.5, 0.6) is 0 Å². The molecule has 114 valence electrons. The summed E-state index contributed by atoms with van der Waals surface area (Å²) in [6.07, 6.45) is 5.46. The van der Waals surface area contributed by atoms with Gasteiger partial charge in [-0.05, 0) is 32.5 Å². The molecule has 6 heteroatoms. The van der Waals surface area contributed by atoms with Crippen LogP contribution in [0.2, 0.25) is 0 Å². The number of hydrogen-bond acceptors (Lipinski definition) is 3. The van der Waals surface area contributed by atoms with Crippen molar-refractivity contribution in [3.8, 4) is 0 Å². The summed E-state index contributed by atoms with van der Waals surface area (Å²) in [4.78, 5) is 24.2. The normalized spacial score (nSPS) is 11.8. The molecule has 0 N–H and O–H groups in total. The first-order valence-electron chi connectivity index (χ1n) is 7.13. The molecule has 1 aromatic heterocycles. The third-order valence-electron chi connectivity index (χ3n) is 3.78. The van der Waals surface area contributed by atoms with Crippen molar-refractivity contribution in [2.45, 2.75) is 58.4 Å². The average molecular weight is 299 g/mol. The van der Waals surface area contributed by atoms with Crippen LogP contribution in [0.4, 0.5) is 0 Å². The summed E-state index contributed by atoms with van der Waals surface area (Å²) in [5, 5.41) is 0. The summed E-state index contributed by atoms with van der Waals surface area (Å²) < 4.78 is 4.32. The van der Waals surface area contributed by atoms with E-state index in [-0.39, 0.29) is 16.9 Å². The van der Waals surface area contributed by atoms with Crippen molar-refractivity contribution in [2.24, 2.45) is 14.1 Å². The van der Waals surface area contributed by atoms with Crippen molar-refractivity contribution in [3.63, 3.8) is 0 Å². The number of unbranched alkanes of at least 4 members (excludes halogenated alkanes) is 3. The molecule has 0 amide bonds. The zero-order valence-electron chi connectivity index (χ0n) is 13.1. The maximum Gasteiger partial charge on any atom is 0.334 e. The maximum absolute atomic E-state index is 12.3. The second-order valence-electron chi connectivity index (χ2n) is 5.92. The van der Waals surface area contributed by atoms with E-state index in [1.54, 1.807) is 11.6 Å². The molecule has 0 aliphatic heterocycles. The van der Waals surface area contributed by atoms with E-state index >= 15 is 0 Å². The summed E-state index contributed by atoms with van der Waals surface area (Å²) in [6.45, 7) is 6.17. The molecule has 0 radical (unpaired) electrons. The zero-order valence-corrected chi connectivity index (χ0v) is 13.9. The van der Waals surface area contributed by atoms with E-state index in [9.17, 15) is 9.59 Å². The molecular weight excluding hydrogens is 274 g/mol. The fraction of sp³-hybridized carbons (Fsp3) is 0.786. The monoisotopic (exact) mass is 299 g/mol. The van der Waals surface area contributed by atoms with Gasteiger partial charge in [0.25, 0.3) is 0 Å². The van der Waals surface area contributed by atoms with E-state index in [0.29, 0.717) is 4.77 Å². The molecule has 0 aromatic carbocycles. The van der Waals surface area contributed by atoms with Crippen LogP contribution < -0.4 is 11.4 Å². The van der Waals surface area contributed by atoms with Crippen molar-refractivity contribution < 1.29 is 0 Å². The van der Waals surface area contributed by atoms with E-state index in [1.807, 2.05) is 13.8 Å². The minimum Gasteiger partial charge on any atom is -0.273 e. The summed E-state index contributed by atoms with van der Waals surface area (Å²) in [6, 6.07) is 0. The Morgan fingerprint density at radius 1 is 1.00 bits per heavy atom. The number of aromatic nitrogens is 3. The molecule has 0 unspecified atom stereocenters.